The summed E-state index contributed by atoms with van der Waals surface area (Å²) in [5, 5.41) is 1.29. The summed E-state index contributed by atoms with van der Waals surface area (Å²) in [6.07, 6.45) is 2.78. The Labute approximate surface area is 101 Å². The molecule has 3 rings (SSSR count). The van der Waals surface area contributed by atoms with Gasteiger partial charge in [0.05, 0.1) is 5.52 Å². The van der Waals surface area contributed by atoms with Gasteiger partial charge in [0.25, 0.3) is 5.56 Å². The van der Waals surface area contributed by atoms with E-state index in [1.54, 1.807) is 0 Å². The van der Waals surface area contributed by atoms with E-state index >= 15 is 0 Å². The quantitative estimate of drug-likeness (QED) is 0.773. The zero-order valence-corrected chi connectivity index (χ0v) is 10.4. The van der Waals surface area contributed by atoms with Crippen molar-refractivity contribution in [2.45, 2.75) is 39.7 Å². The molecule has 0 spiro atoms. The van der Waals surface area contributed by atoms with Gasteiger partial charge in [-0.2, -0.15) is 0 Å². The van der Waals surface area contributed by atoms with E-state index in [4.69, 9.17) is 0 Å². The van der Waals surface area contributed by atoms with Crippen molar-refractivity contribution in [1.29, 1.82) is 0 Å². The number of aromatic nitrogens is 1. The molecule has 0 saturated carbocycles. The molecule has 88 valence electrons. The first-order valence-corrected chi connectivity index (χ1v) is 6.44. The molecule has 0 unspecified atom stereocenters. The minimum absolute atomic E-state index is 0.238. The van der Waals surface area contributed by atoms with Crippen molar-refractivity contribution in [2.75, 3.05) is 0 Å². The van der Waals surface area contributed by atoms with Crippen LogP contribution in [0.5, 0.6) is 0 Å². The van der Waals surface area contributed by atoms with Crippen LogP contribution in [0.15, 0.2) is 23.0 Å². The second-order valence-electron chi connectivity index (χ2n) is 4.68. The predicted molar refractivity (Wildman–Crippen MR) is 70.7 cm³/mol. The fraction of sp³-hybridized carbons (Fsp3) is 0.400. The third-order valence-electron chi connectivity index (χ3n) is 3.89. The molecular weight excluding hydrogens is 210 g/mol. The van der Waals surface area contributed by atoms with Gasteiger partial charge in [-0.1, -0.05) is 32.0 Å². The summed E-state index contributed by atoms with van der Waals surface area (Å²) in [6, 6.07) is 6.44. The highest BCUT2D eigenvalue weighted by atomic mass is 16.1. The molecule has 1 aliphatic rings. The molecule has 2 nitrogen and oxygen atoms in total. The van der Waals surface area contributed by atoms with E-state index in [-0.39, 0.29) is 5.56 Å². The van der Waals surface area contributed by atoms with Gasteiger partial charge in [0, 0.05) is 17.5 Å². The number of hydrogen-bond donors (Lipinski definition) is 0. The van der Waals surface area contributed by atoms with Crippen molar-refractivity contribution in [3.63, 3.8) is 0 Å². The van der Waals surface area contributed by atoms with Crippen LogP contribution < -0.4 is 5.56 Å². The standard InChI is InChI=1S/C15H17NO/c1-3-11-12(4-2)15(17)16-9-8-10-6-5-7-13(11)14(10)16/h5-7H,3-4,8-9H2,1-2H3. The summed E-state index contributed by atoms with van der Waals surface area (Å²) in [5.74, 6) is 0. The number of nitrogens with zero attached hydrogens (tertiary/aromatic N) is 1. The van der Waals surface area contributed by atoms with Crippen molar-refractivity contribution in [2.24, 2.45) is 0 Å². The van der Waals surface area contributed by atoms with Gasteiger partial charge < -0.3 is 4.57 Å². The van der Waals surface area contributed by atoms with Crippen molar-refractivity contribution in [1.82, 2.24) is 4.57 Å². The molecule has 1 aliphatic heterocycles. The van der Waals surface area contributed by atoms with Crippen LogP contribution in [0.2, 0.25) is 0 Å². The lowest BCUT2D eigenvalue weighted by Gasteiger charge is -2.13. The van der Waals surface area contributed by atoms with Crippen LogP contribution in [0.1, 0.15) is 30.5 Å². The molecule has 0 aliphatic carbocycles. The minimum Gasteiger partial charge on any atom is -0.307 e. The van der Waals surface area contributed by atoms with Crippen LogP contribution in [0.3, 0.4) is 0 Å². The lowest BCUT2D eigenvalue weighted by atomic mass is 9.98. The van der Waals surface area contributed by atoms with Gasteiger partial charge in [-0.15, -0.1) is 0 Å². The Kier molecular flexibility index (Phi) is 2.32. The Morgan fingerprint density at radius 2 is 1.94 bits per heavy atom. The summed E-state index contributed by atoms with van der Waals surface area (Å²) in [7, 11) is 0. The van der Waals surface area contributed by atoms with Crippen LogP contribution in [-0.4, -0.2) is 4.57 Å². The Morgan fingerprint density at radius 3 is 2.65 bits per heavy atom. The third-order valence-corrected chi connectivity index (χ3v) is 3.89. The van der Waals surface area contributed by atoms with Crippen molar-refractivity contribution in [3.05, 3.63) is 45.2 Å². The van der Waals surface area contributed by atoms with Crippen molar-refractivity contribution < 1.29 is 0 Å². The number of hydrogen-bond acceptors (Lipinski definition) is 1. The summed E-state index contributed by atoms with van der Waals surface area (Å²) in [6.45, 7) is 5.07. The van der Waals surface area contributed by atoms with Crippen molar-refractivity contribution >= 4 is 10.9 Å². The van der Waals surface area contributed by atoms with E-state index in [2.05, 4.69) is 32.0 Å². The summed E-state index contributed by atoms with van der Waals surface area (Å²) in [4.78, 5) is 12.4. The zero-order valence-electron chi connectivity index (χ0n) is 10.4. The maximum Gasteiger partial charge on any atom is 0.254 e. The largest absolute Gasteiger partial charge is 0.307 e. The molecule has 0 saturated heterocycles. The second-order valence-corrected chi connectivity index (χ2v) is 4.68. The van der Waals surface area contributed by atoms with E-state index in [0.29, 0.717) is 0 Å². The highest BCUT2D eigenvalue weighted by molar-refractivity contribution is 5.87. The van der Waals surface area contributed by atoms with E-state index < -0.39 is 0 Å². The maximum absolute atomic E-state index is 12.4. The van der Waals surface area contributed by atoms with Crippen LogP contribution >= 0.6 is 0 Å². The summed E-state index contributed by atoms with van der Waals surface area (Å²) in [5.41, 5.74) is 5.02. The van der Waals surface area contributed by atoms with E-state index in [1.807, 2.05) is 4.57 Å². The molecule has 0 amide bonds. The van der Waals surface area contributed by atoms with Gasteiger partial charge >= 0.3 is 0 Å². The highest BCUT2D eigenvalue weighted by Crippen LogP contribution is 2.28. The van der Waals surface area contributed by atoms with Gasteiger partial charge in [-0.3, -0.25) is 4.79 Å². The number of pyridine rings is 1. The average molecular weight is 227 g/mol. The fourth-order valence-corrected chi connectivity index (χ4v) is 3.13. The summed E-state index contributed by atoms with van der Waals surface area (Å²) >= 11 is 0. The van der Waals surface area contributed by atoms with Gasteiger partial charge in [-0.05, 0) is 30.4 Å². The molecule has 0 atom stereocenters. The molecular formula is C15H17NO. The minimum atomic E-state index is 0.238. The summed E-state index contributed by atoms with van der Waals surface area (Å²) < 4.78 is 1.97. The van der Waals surface area contributed by atoms with Crippen LogP contribution in [0.4, 0.5) is 0 Å². The Balaban J connectivity index is 2.56. The van der Waals surface area contributed by atoms with Crippen LogP contribution in [0.25, 0.3) is 10.9 Å². The average Bonchev–Trinajstić information content (AvgIpc) is 2.78. The van der Waals surface area contributed by atoms with Gasteiger partial charge in [0.1, 0.15) is 0 Å². The molecule has 17 heavy (non-hydrogen) atoms. The van der Waals surface area contributed by atoms with Crippen LogP contribution in [-0.2, 0) is 25.8 Å². The van der Waals surface area contributed by atoms with Gasteiger partial charge in [0.15, 0.2) is 0 Å². The third kappa shape index (κ3) is 1.30. The van der Waals surface area contributed by atoms with Crippen molar-refractivity contribution in [3.8, 4) is 0 Å². The zero-order chi connectivity index (χ0) is 12.0. The van der Waals surface area contributed by atoms with Gasteiger partial charge in [-0.25, -0.2) is 0 Å². The van der Waals surface area contributed by atoms with E-state index in [0.717, 1.165) is 31.4 Å². The van der Waals surface area contributed by atoms with Gasteiger partial charge in [0.2, 0.25) is 0 Å². The smallest absolute Gasteiger partial charge is 0.254 e. The number of rotatable bonds is 2. The Morgan fingerprint density at radius 1 is 1.18 bits per heavy atom. The predicted octanol–water partition coefficient (Wildman–Crippen LogP) is 2.68. The number of aryl methyl sites for hydroxylation is 3. The van der Waals surface area contributed by atoms with E-state index in [9.17, 15) is 4.79 Å². The van der Waals surface area contributed by atoms with Crippen LogP contribution in [0, 0.1) is 0 Å². The molecule has 0 radical (unpaired) electrons. The first kappa shape index (κ1) is 10.6. The normalized spacial score (nSPS) is 13.5. The van der Waals surface area contributed by atoms with E-state index in [1.165, 1.54) is 22.0 Å². The molecule has 1 aromatic heterocycles. The first-order valence-electron chi connectivity index (χ1n) is 6.44. The monoisotopic (exact) mass is 227 g/mol. The molecule has 0 bridgehead atoms. The first-order chi connectivity index (χ1) is 8.27. The second kappa shape index (κ2) is 3.73. The lowest BCUT2D eigenvalue weighted by molar-refractivity contribution is 0.729. The topological polar surface area (TPSA) is 22.0 Å². The molecule has 0 N–H and O–H groups in total. The molecule has 2 aromatic rings. The molecule has 2 heteroatoms. The molecule has 2 heterocycles. The number of benzene rings is 1. The molecule has 1 aromatic carbocycles. The Bertz CT molecular complexity index is 652. The lowest BCUT2D eigenvalue weighted by Crippen LogP contribution is -2.24. The maximum atomic E-state index is 12.4. The fourth-order valence-electron chi connectivity index (χ4n) is 3.13. The highest BCUT2D eigenvalue weighted by Gasteiger charge is 2.20. The molecule has 0 fully saturated rings. The Hall–Kier alpha value is -1.57. The number of para-hydroxylation sites is 1. The SMILES string of the molecule is CCc1c(CC)c2cccc3c2n(c1=O)CC3.